The Morgan fingerprint density at radius 3 is 2.69 bits per heavy atom. The molecule has 0 radical (unpaired) electrons. The Kier molecular flexibility index (Phi) is 5.55. The molecule has 5 heteroatoms. The van der Waals surface area contributed by atoms with Gasteiger partial charge in [0.25, 0.3) is 0 Å². The van der Waals surface area contributed by atoms with Crippen molar-refractivity contribution in [1.29, 1.82) is 0 Å². The maximum atomic E-state index is 12.9. The minimum atomic E-state index is -1.25. The van der Waals surface area contributed by atoms with Gasteiger partial charge in [0, 0.05) is 10.6 Å². The molecule has 1 unspecified atom stereocenters. The van der Waals surface area contributed by atoms with Crippen LogP contribution in [0.15, 0.2) is 23.1 Å². The van der Waals surface area contributed by atoms with Crippen LogP contribution in [-0.2, 0) is 10.8 Å². The SMILES string of the molecule is CCNCCCS(=O)c1ccc(F)c(F)c1. The third kappa shape index (κ3) is 3.98. The van der Waals surface area contributed by atoms with Crippen molar-refractivity contribution in [3.63, 3.8) is 0 Å². The fraction of sp³-hybridized carbons (Fsp3) is 0.455. The Hall–Kier alpha value is -0.810. The van der Waals surface area contributed by atoms with Crippen molar-refractivity contribution >= 4 is 10.8 Å². The second-order valence-corrected chi connectivity index (χ2v) is 4.90. The highest BCUT2D eigenvalue weighted by molar-refractivity contribution is 7.85. The molecule has 0 spiro atoms. The second kappa shape index (κ2) is 6.70. The predicted octanol–water partition coefficient (Wildman–Crippen LogP) is 2.07. The van der Waals surface area contributed by atoms with Crippen LogP contribution in [0, 0.1) is 11.6 Å². The van der Waals surface area contributed by atoms with E-state index in [1.54, 1.807) is 0 Å². The molecule has 0 amide bonds. The summed E-state index contributed by atoms with van der Waals surface area (Å²) in [6.45, 7) is 3.65. The van der Waals surface area contributed by atoms with E-state index in [1.165, 1.54) is 6.07 Å². The molecule has 0 bridgehead atoms. The molecule has 0 aliphatic rings. The maximum Gasteiger partial charge on any atom is 0.160 e. The Bertz CT molecular complexity index is 371. The third-order valence-electron chi connectivity index (χ3n) is 2.09. The summed E-state index contributed by atoms with van der Waals surface area (Å²) in [6.07, 6.45) is 0.749. The molecule has 0 fully saturated rings. The van der Waals surface area contributed by atoms with Crippen LogP contribution in [0.1, 0.15) is 13.3 Å². The lowest BCUT2D eigenvalue weighted by atomic mass is 10.3. The molecule has 0 saturated carbocycles. The van der Waals surface area contributed by atoms with E-state index in [2.05, 4.69) is 5.32 Å². The van der Waals surface area contributed by atoms with Crippen LogP contribution < -0.4 is 5.32 Å². The van der Waals surface area contributed by atoms with Gasteiger partial charge in [0.05, 0.1) is 10.8 Å². The normalized spacial score (nSPS) is 12.7. The molecule has 90 valence electrons. The van der Waals surface area contributed by atoms with Gasteiger partial charge in [0.1, 0.15) is 0 Å². The summed E-state index contributed by atoms with van der Waals surface area (Å²) in [5, 5.41) is 3.11. The van der Waals surface area contributed by atoms with Crippen molar-refractivity contribution in [2.24, 2.45) is 0 Å². The van der Waals surface area contributed by atoms with E-state index in [-0.39, 0.29) is 0 Å². The van der Waals surface area contributed by atoms with Crippen molar-refractivity contribution < 1.29 is 13.0 Å². The predicted molar refractivity (Wildman–Crippen MR) is 60.8 cm³/mol. The fourth-order valence-electron chi connectivity index (χ4n) is 1.24. The molecular formula is C11H15F2NOS. The third-order valence-corrected chi connectivity index (χ3v) is 3.53. The average Bonchev–Trinajstić information content (AvgIpc) is 2.28. The topological polar surface area (TPSA) is 29.1 Å². The Morgan fingerprint density at radius 2 is 2.06 bits per heavy atom. The lowest BCUT2D eigenvalue weighted by molar-refractivity contribution is 0.505. The number of nitrogens with one attached hydrogen (secondary N) is 1. The van der Waals surface area contributed by atoms with Gasteiger partial charge in [0.15, 0.2) is 11.6 Å². The van der Waals surface area contributed by atoms with Gasteiger partial charge >= 0.3 is 0 Å². The lowest BCUT2D eigenvalue weighted by Gasteiger charge is -2.03. The van der Waals surface area contributed by atoms with Gasteiger partial charge in [-0.25, -0.2) is 8.78 Å². The van der Waals surface area contributed by atoms with Crippen LogP contribution in [-0.4, -0.2) is 23.1 Å². The van der Waals surface area contributed by atoms with E-state index in [0.29, 0.717) is 10.6 Å². The van der Waals surface area contributed by atoms with Gasteiger partial charge < -0.3 is 5.32 Å². The van der Waals surface area contributed by atoms with Crippen LogP contribution in [0.4, 0.5) is 8.78 Å². The highest BCUT2D eigenvalue weighted by atomic mass is 32.2. The molecular weight excluding hydrogens is 232 g/mol. The van der Waals surface area contributed by atoms with Gasteiger partial charge in [-0.15, -0.1) is 0 Å². The first kappa shape index (κ1) is 13.3. The standard InChI is InChI=1S/C11H15F2NOS/c1-2-14-6-3-7-16(15)9-4-5-10(12)11(13)8-9/h4-5,8,14H,2-3,6-7H2,1H3. The molecule has 1 aromatic carbocycles. The zero-order chi connectivity index (χ0) is 12.0. The minimum absolute atomic E-state index is 0.343. The Balaban J connectivity index is 2.50. The largest absolute Gasteiger partial charge is 0.317 e. The molecule has 1 aromatic rings. The summed E-state index contributed by atoms with van der Waals surface area (Å²) < 4.78 is 37.2. The number of hydrogen-bond donors (Lipinski definition) is 1. The van der Waals surface area contributed by atoms with Crippen molar-refractivity contribution in [1.82, 2.24) is 5.32 Å². The van der Waals surface area contributed by atoms with Crippen LogP contribution in [0.5, 0.6) is 0 Å². The summed E-state index contributed by atoms with van der Waals surface area (Å²) >= 11 is 0. The van der Waals surface area contributed by atoms with Crippen LogP contribution in [0.3, 0.4) is 0 Å². The lowest BCUT2D eigenvalue weighted by Crippen LogP contribution is -2.16. The summed E-state index contributed by atoms with van der Waals surface area (Å²) in [5.41, 5.74) is 0. The number of rotatable bonds is 6. The molecule has 0 saturated heterocycles. The first-order valence-corrected chi connectivity index (χ1v) is 6.51. The molecule has 1 atom stereocenters. The zero-order valence-corrected chi connectivity index (χ0v) is 9.95. The molecule has 1 rings (SSSR count). The van der Waals surface area contributed by atoms with Gasteiger partial charge in [0.2, 0.25) is 0 Å². The monoisotopic (exact) mass is 247 g/mol. The van der Waals surface area contributed by atoms with E-state index < -0.39 is 22.4 Å². The highest BCUT2D eigenvalue weighted by Gasteiger charge is 2.07. The van der Waals surface area contributed by atoms with Crippen molar-refractivity contribution in [3.8, 4) is 0 Å². The first-order chi connectivity index (χ1) is 7.65. The smallest absolute Gasteiger partial charge is 0.160 e. The van der Waals surface area contributed by atoms with E-state index in [1.807, 2.05) is 6.92 Å². The fourth-order valence-corrected chi connectivity index (χ4v) is 2.34. The van der Waals surface area contributed by atoms with Crippen molar-refractivity contribution in [2.45, 2.75) is 18.2 Å². The summed E-state index contributed by atoms with van der Waals surface area (Å²) in [4.78, 5) is 0.343. The van der Waals surface area contributed by atoms with Crippen molar-refractivity contribution in [2.75, 3.05) is 18.8 Å². The Morgan fingerprint density at radius 1 is 1.31 bits per heavy atom. The van der Waals surface area contributed by atoms with Crippen molar-refractivity contribution in [3.05, 3.63) is 29.8 Å². The van der Waals surface area contributed by atoms with Gasteiger partial charge in [-0.1, -0.05) is 6.92 Å². The molecule has 0 aliphatic heterocycles. The van der Waals surface area contributed by atoms with E-state index in [0.717, 1.165) is 31.6 Å². The first-order valence-electron chi connectivity index (χ1n) is 5.19. The Labute approximate surface area is 96.5 Å². The highest BCUT2D eigenvalue weighted by Crippen LogP contribution is 2.12. The zero-order valence-electron chi connectivity index (χ0n) is 9.13. The molecule has 1 N–H and O–H groups in total. The summed E-state index contributed by atoms with van der Waals surface area (Å²) in [5.74, 6) is -1.40. The van der Waals surface area contributed by atoms with E-state index in [9.17, 15) is 13.0 Å². The summed E-state index contributed by atoms with van der Waals surface area (Å²) in [6, 6.07) is 3.37. The number of benzene rings is 1. The van der Waals surface area contributed by atoms with Gasteiger partial charge in [-0.2, -0.15) is 0 Å². The van der Waals surface area contributed by atoms with E-state index >= 15 is 0 Å². The molecule has 2 nitrogen and oxygen atoms in total. The molecule has 0 aliphatic carbocycles. The molecule has 16 heavy (non-hydrogen) atoms. The van der Waals surface area contributed by atoms with Crippen LogP contribution in [0.25, 0.3) is 0 Å². The number of hydrogen-bond acceptors (Lipinski definition) is 2. The van der Waals surface area contributed by atoms with Gasteiger partial charge in [-0.05, 0) is 37.7 Å². The average molecular weight is 247 g/mol. The second-order valence-electron chi connectivity index (χ2n) is 3.33. The molecule has 0 aromatic heterocycles. The quantitative estimate of drug-likeness (QED) is 0.780. The number of halogens is 2. The molecule has 0 heterocycles. The minimum Gasteiger partial charge on any atom is -0.317 e. The van der Waals surface area contributed by atoms with Crippen LogP contribution in [0.2, 0.25) is 0 Å². The summed E-state index contributed by atoms with van der Waals surface area (Å²) in [7, 11) is -1.25. The van der Waals surface area contributed by atoms with E-state index in [4.69, 9.17) is 0 Å². The van der Waals surface area contributed by atoms with Gasteiger partial charge in [-0.3, -0.25) is 4.21 Å². The van der Waals surface area contributed by atoms with Crippen LogP contribution >= 0.6 is 0 Å². The maximum absolute atomic E-state index is 12.9.